The first-order chi connectivity index (χ1) is 9.47. The molecule has 0 aliphatic carbocycles. The molecule has 0 spiro atoms. The highest BCUT2D eigenvalue weighted by molar-refractivity contribution is 7.91. The molecule has 1 aliphatic heterocycles. The van der Waals surface area contributed by atoms with Crippen molar-refractivity contribution < 1.29 is 17.9 Å². The smallest absolute Gasteiger partial charge is 0.327 e. The van der Waals surface area contributed by atoms with E-state index in [1.54, 1.807) is 6.92 Å². The van der Waals surface area contributed by atoms with E-state index < -0.39 is 21.3 Å². The summed E-state index contributed by atoms with van der Waals surface area (Å²) in [6, 6.07) is 9.56. The van der Waals surface area contributed by atoms with Crippen LogP contribution in [0.2, 0.25) is 0 Å². The molecule has 0 radical (unpaired) electrons. The number of benzene rings is 1. The van der Waals surface area contributed by atoms with Crippen molar-refractivity contribution in [1.29, 1.82) is 0 Å². The van der Waals surface area contributed by atoms with E-state index in [0.29, 0.717) is 6.54 Å². The van der Waals surface area contributed by atoms with Gasteiger partial charge in [0.15, 0.2) is 9.84 Å². The molecule has 1 fully saturated rings. The van der Waals surface area contributed by atoms with E-state index in [4.69, 9.17) is 4.74 Å². The number of ether oxygens (including phenoxy) is 1. The van der Waals surface area contributed by atoms with Crippen LogP contribution in [0.4, 0.5) is 0 Å². The van der Waals surface area contributed by atoms with E-state index in [1.165, 1.54) is 0 Å². The van der Waals surface area contributed by atoms with Gasteiger partial charge in [-0.2, -0.15) is 0 Å². The van der Waals surface area contributed by atoms with E-state index in [1.807, 2.05) is 30.3 Å². The van der Waals surface area contributed by atoms with Crippen LogP contribution in [-0.4, -0.2) is 38.0 Å². The number of rotatable bonds is 5. The van der Waals surface area contributed by atoms with Crippen molar-refractivity contribution in [3.63, 3.8) is 0 Å². The van der Waals surface area contributed by atoms with Crippen molar-refractivity contribution >= 4 is 15.8 Å². The average Bonchev–Trinajstić information content (AvgIpc) is 2.75. The molecular formula is C14H19NO4S. The van der Waals surface area contributed by atoms with Gasteiger partial charge < -0.3 is 4.74 Å². The molecule has 1 N–H and O–H groups in total. The zero-order valence-corrected chi connectivity index (χ0v) is 12.3. The second-order valence-corrected chi connectivity index (χ2v) is 7.17. The number of carbonyl (C=O) groups is 1. The topological polar surface area (TPSA) is 72.5 Å². The van der Waals surface area contributed by atoms with E-state index in [2.05, 4.69) is 5.32 Å². The predicted octanol–water partition coefficient (Wildman–Crippen LogP) is 0.897. The average molecular weight is 297 g/mol. The van der Waals surface area contributed by atoms with Gasteiger partial charge in [-0.3, -0.25) is 10.1 Å². The van der Waals surface area contributed by atoms with Gasteiger partial charge in [-0.15, -0.1) is 0 Å². The van der Waals surface area contributed by atoms with Crippen LogP contribution in [-0.2, 0) is 25.9 Å². The molecule has 1 atom stereocenters. The molecule has 20 heavy (non-hydrogen) atoms. The van der Waals surface area contributed by atoms with Crippen LogP contribution in [0.15, 0.2) is 30.3 Å². The van der Waals surface area contributed by atoms with E-state index in [9.17, 15) is 13.2 Å². The zero-order chi connectivity index (χ0) is 14.6. The molecule has 1 aromatic rings. The van der Waals surface area contributed by atoms with Crippen LogP contribution in [0.25, 0.3) is 0 Å². The summed E-state index contributed by atoms with van der Waals surface area (Å²) in [6.45, 7) is 2.40. The normalized spacial score (nSPS) is 24.4. The second-order valence-electron chi connectivity index (χ2n) is 4.98. The van der Waals surface area contributed by atoms with Gasteiger partial charge in [0.1, 0.15) is 5.54 Å². The number of hydrogen-bond donors (Lipinski definition) is 1. The minimum Gasteiger partial charge on any atom is -0.465 e. The summed E-state index contributed by atoms with van der Waals surface area (Å²) in [4.78, 5) is 12.1. The first-order valence-electron chi connectivity index (χ1n) is 6.64. The monoisotopic (exact) mass is 297 g/mol. The largest absolute Gasteiger partial charge is 0.465 e. The van der Waals surface area contributed by atoms with E-state index >= 15 is 0 Å². The Bertz CT molecular complexity index is 570. The van der Waals surface area contributed by atoms with Gasteiger partial charge in [0.05, 0.1) is 18.1 Å². The van der Waals surface area contributed by atoms with Crippen LogP contribution in [0.5, 0.6) is 0 Å². The molecule has 1 unspecified atom stereocenters. The van der Waals surface area contributed by atoms with Gasteiger partial charge in [-0.1, -0.05) is 30.3 Å². The highest BCUT2D eigenvalue weighted by Crippen LogP contribution is 2.25. The van der Waals surface area contributed by atoms with Crippen LogP contribution in [0.3, 0.4) is 0 Å². The minimum atomic E-state index is -3.18. The standard InChI is InChI=1S/C14H19NO4S/c1-2-19-13(16)14(8-9-20(17,18)11-14)15-10-12-6-4-3-5-7-12/h3-7,15H,2,8-11H2,1H3. The highest BCUT2D eigenvalue weighted by Gasteiger charge is 2.49. The van der Waals surface area contributed by atoms with Crippen molar-refractivity contribution in [3.05, 3.63) is 35.9 Å². The summed E-state index contributed by atoms with van der Waals surface area (Å²) in [5, 5.41) is 3.10. The third-order valence-electron chi connectivity index (χ3n) is 3.45. The number of hydrogen-bond acceptors (Lipinski definition) is 5. The van der Waals surface area contributed by atoms with Crippen molar-refractivity contribution in [2.75, 3.05) is 18.1 Å². The van der Waals surface area contributed by atoms with Crippen molar-refractivity contribution in [2.45, 2.75) is 25.4 Å². The first kappa shape index (κ1) is 15.0. The zero-order valence-electron chi connectivity index (χ0n) is 11.5. The summed E-state index contributed by atoms with van der Waals surface area (Å²) >= 11 is 0. The lowest BCUT2D eigenvalue weighted by Crippen LogP contribution is -2.53. The van der Waals surface area contributed by atoms with Gasteiger partial charge >= 0.3 is 5.97 Å². The molecule has 6 heteroatoms. The molecule has 2 rings (SSSR count). The molecular weight excluding hydrogens is 278 g/mol. The fourth-order valence-corrected chi connectivity index (χ4v) is 4.28. The van der Waals surface area contributed by atoms with Gasteiger partial charge in [0.25, 0.3) is 0 Å². The van der Waals surface area contributed by atoms with E-state index in [-0.39, 0.29) is 24.5 Å². The SMILES string of the molecule is CCOC(=O)C1(NCc2ccccc2)CCS(=O)(=O)C1. The molecule has 0 amide bonds. The molecule has 1 aromatic carbocycles. The van der Waals surface area contributed by atoms with Gasteiger partial charge in [0.2, 0.25) is 0 Å². The Balaban J connectivity index is 2.14. The Morgan fingerprint density at radius 1 is 1.35 bits per heavy atom. The van der Waals surface area contributed by atoms with Crippen molar-refractivity contribution in [2.24, 2.45) is 0 Å². The summed E-state index contributed by atoms with van der Waals surface area (Å²) in [5.41, 5.74) is -0.106. The van der Waals surface area contributed by atoms with Crippen LogP contribution >= 0.6 is 0 Å². The molecule has 1 aliphatic rings. The summed E-state index contributed by atoms with van der Waals surface area (Å²) in [6.07, 6.45) is 0.265. The Morgan fingerprint density at radius 2 is 2.05 bits per heavy atom. The van der Waals surface area contributed by atoms with Crippen LogP contribution < -0.4 is 5.32 Å². The molecule has 5 nitrogen and oxygen atoms in total. The first-order valence-corrected chi connectivity index (χ1v) is 8.46. The quantitative estimate of drug-likeness (QED) is 0.817. The maximum Gasteiger partial charge on any atom is 0.327 e. The molecule has 0 saturated carbocycles. The highest BCUT2D eigenvalue weighted by atomic mass is 32.2. The Hall–Kier alpha value is -1.40. The Kier molecular flexibility index (Phi) is 4.45. The van der Waals surface area contributed by atoms with Crippen LogP contribution in [0, 0.1) is 0 Å². The summed E-state index contributed by atoms with van der Waals surface area (Å²) < 4.78 is 28.5. The van der Waals surface area contributed by atoms with Gasteiger partial charge in [-0.25, -0.2) is 8.42 Å². The van der Waals surface area contributed by atoms with Crippen molar-refractivity contribution in [1.82, 2.24) is 5.32 Å². The molecule has 110 valence electrons. The molecule has 0 bridgehead atoms. The lowest BCUT2D eigenvalue weighted by molar-refractivity contribution is -0.150. The Morgan fingerprint density at radius 3 is 2.60 bits per heavy atom. The third-order valence-corrected chi connectivity index (χ3v) is 5.20. The fraction of sp³-hybridized carbons (Fsp3) is 0.500. The maximum atomic E-state index is 12.1. The van der Waals surface area contributed by atoms with Gasteiger partial charge in [0, 0.05) is 6.54 Å². The summed E-state index contributed by atoms with van der Waals surface area (Å²) in [7, 11) is -3.18. The number of sulfone groups is 1. The molecule has 1 saturated heterocycles. The number of esters is 1. The number of nitrogens with one attached hydrogen (secondary N) is 1. The summed E-state index contributed by atoms with van der Waals surface area (Å²) in [5.74, 6) is -0.642. The predicted molar refractivity (Wildman–Crippen MR) is 75.9 cm³/mol. The van der Waals surface area contributed by atoms with Crippen molar-refractivity contribution in [3.8, 4) is 0 Å². The lowest BCUT2D eigenvalue weighted by Gasteiger charge is -2.26. The fourth-order valence-electron chi connectivity index (χ4n) is 2.36. The Labute approximate surface area is 119 Å². The maximum absolute atomic E-state index is 12.1. The second kappa shape index (κ2) is 5.93. The minimum absolute atomic E-state index is 0.0214. The molecule has 0 aromatic heterocycles. The molecule has 1 heterocycles. The van der Waals surface area contributed by atoms with E-state index in [0.717, 1.165) is 5.56 Å². The van der Waals surface area contributed by atoms with Gasteiger partial charge in [-0.05, 0) is 18.9 Å². The van der Waals surface area contributed by atoms with Crippen LogP contribution in [0.1, 0.15) is 18.9 Å². The number of carbonyl (C=O) groups excluding carboxylic acids is 1. The lowest BCUT2D eigenvalue weighted by atomic mass is 9.98. The third kappa shape index (κ3) is 3.37.